The van der Waals surface area contributed by atoms with Crippen molar-refractivity contribution in [3.05, 3.63) is 77.4 Å². The molecule has 0 fully saturated rings. The van der Waals surface area contributed by atoms with Gasteiger partial charge < -0.3 is 0 Å². The van der Waals surface area contributed by atoms with Gasteiger partial charge in [0.1, 0.15) is 0 Å². The van der Waals surface area contributed by atoms with Gasteiger partial charge in [0.25, 0.3) is 0 Å². The van der Waals surface area contributed by atoms with Gasteiger partial charge in [-0.3, -0.25) is 9.39 Å². The molecule has 0 atom stereocenters. The van der Waals surface area contributed by atoms with Gasteiger partial charge in [0.05, 0.1) is 11.4 Å². The van der Waals surface area contributed by atoms with E-state index in [1.165, 1.54) is 5.56 Å². The fourth-order valence-corrected chi connectivity index (χ4v) is 3.50. The molecule has 0 saturated carbocycles. The maximum atomic E-state index is 4.64. The van der Waals surface area contributed by atoms with E-state index in [1.807, 2.05) is 34.3 Å². The van der Waals surface area contributed by atoms with E-state index < -0.39 is 0 Å². The van der Waals surface area contributed by atoms with Crippen molar-refractivity contribution in [2.75, 3.05) is 0 Å². The van der Waals surface area contributed by atoms with E-state index in [4.69, 9.17) is 0 Å². The summed E-state index contributed by atoms with van der Waals surface area (Å²) in [6, 6.07) is 16.8. The minimum absolute atomic E-state index is 0.174. The number of nitrogens with zero attached hydrogens (tertiary/aromatic N) is 3. The standard InChI is InChI=1S/C22H21N3S/c1-22(2,3)18-8-4-16(5-9-18)14-23-19-10-6-17(7-11-19)20-15-25-12-13-26-21(25)24-20/h4-15H,1-3H3. The van der Waals surface area contributed by atoms with Gasteiger partial charge in [0.15, 0.2) is 4.96 Å². The predicted molar refractivity (Wildman–Crippen MR) is 111 cm³/mol. The second kappa shape index (κ2) is 6.54. The Kier molecular flexibility index (Phi) is 4.21. The SMILES string of the molecule is CC(C)(C)c1ccc(C=Nc2ccc(-c3cn4ccsc4n3)cc2)cc1. The lowest BCUT2D eigenvalue weighted by Crippen LogP contribution is -2.10. The van der Waals surface area contributed by atoms with Crippen molar-refractivity contribution in [3.8, 4) is 11.3 Å². The molecule has 2 heterocycles. The lowest BCUT2D eigenvalue weighted by molar-refractivity contribution is 0.590. The lowest BCUT2D eigenvalue weighted by atomic mass is 9.87. The van der Waals surface area contributed by atoms with Crippen LogP contribution >= 0.6 is 11.3 Å². The summed E-state index contributed by atoms with van der Waals surface area (Å²) in [4.78, 5) is 10.2. The molecule has 26 heavy (non-hydrogen) atoms. The minimum Gasteiger partial charge on any atom is -0.297 e. The van der Waals surface area contributed by atoms with Crippen LogP contribution in [0.1, 0.15) is 31.9 Å². The van der Waals surface area contributed by atoms with Gasteiger partial charge in [-0.15, -0.1) is 11.3 Å². The second-order valence-electron chi connectivity index (χ2n) is 7.40. The highest BCUT2D eigenvalue weighted by molar-refractivity contribution is 7.15. The van der Waals surface area contributed by atoms with Gasteiger partial charge in [-0.05, 0) is 28.7 Å². The molecule has 2 aromatic carbocycles. The van der Waals surface area contributed by atoms with Crippen LogP contribution in [0.4, 0.5) is 5.69 Å². The van der Waals surface area contributed by atoms with Crippen LogP contribution in [-0.2, 0) is 5.41 Å². The number of hydrogen-bond acceptors (Lipinski definition) is 3. The van der Waals surface area contributed by atoms with E-state index in [-0.39, 0.29) is 5.41 Å². The lowest BCUT2D eigenvalue weighted by Gasteiger charge is -2.18. The van der Waals surface area contributed by atoms with Crippen LogP contribution in [0, 0.1) is 0 Å². The molecule has 0 spiro atoms. The molecule has 4 aromatic rings. The highest BCUT2D eigenvalue weighted by Gasteiger charge is 2.12. The van der Waals surface area contributed by atoms with Crippen molar-refractivity contribution in [2.45, 2.75) is 26.2 Å². The van der Waals surface area contributed by atoms with Gasteiger partial charge in [-0.25, -0.2) is 4.98 Å². The monoisotopic (exact) mass is 359 g/mol. The molecular weight excluding hydrogens is 338 g/mol. The van der Waals surface area contributed by atoms with Crippen LogP contribution in [0.5, 0.6) is 0 Å². The maximum absolute atomic E-state index is 4.64. The Morgan fingerprint density at radius 1 is 1.00 bits per heavy atom. The van der Waals surface area contributed by atoms with E-state index in [9.17, 15) is 0 Å². The van der Waals surface area contributed by atoms with Crippen molar-refractivity contribution in [1.29, 1.82) is 0 Å². The molecule has 130 valence electrons. The zero-order chi connectivity index (χ0) is 18.1. The molecular formula is C22H21N3S. The summed E-state index contributed by atoms with van der Waals surface area (Å²) >= 11 is 1.64. The average Bonchev–Trinajstić information content (AvgIpc) is 3.22. The third-order valence-electron chi connectivity index (χ3n) is 4.40. The summed E-state index contributed by atoms with van der Waals surface area (Å²) in [5.41, 5.74) is 5.65. The summed E-state index contributed by atoms with van der Waals surface area (Å²) in [5.74, 6) is 0. The predicted octanol–water partition coefficient (Wildman–Crippen LogP) is 6.11. The van der Waals surface area contributed by atoms with Gasteiger partial charge in [-0.1, -0.05) is 57.2 Å². The van der Waals surface area contributed by atoms with Crippen molar-refractivity contribution in [1.82, 2.24) is 9.38 Å². The average molecular weight is 359 g/mol. The smallest absolute Gasteiger partial charge is 0.194 e. The Labute approximate surface area is 157 Å². The van der Waals surface area contributed by atoms with Crippen LogP contribution in [0.15, 0.2) is 71.3 Å². The molecule has 0 unspecified atom stereocenters. The number of aliphatic imine (C=N–C) groups is 1. The molecule has 0 bridgehead atoms. The molecule has 2 aromatic heterocycles. The normalized spacial score (nSPS) is 12.3. The third kappa shape index (κ3) is 3.46. The summed E-state index contributed by atoms with van der Waals surface area (Å²) in [5, 5.41) is 2.04. The number of imidazole rings is 1. The largest absolute Gasteiger partial charge is 0.297 e. The van der Waals surface area contributed by atoms with Crippen molar-refractivity contribution in [2.24, 2.45) is 4.99 Å². The summed E-state index contributed by atoms with van der Waals surface area (Å²) in [6.45, 7) is 6.67. The second-order valence-corrected chi connectivity index (χ2v) is 8.27. The summed E-state index contributed by atoms with van der Waals surface area (Å²) in [6.07, 6.45) is 6.00. The Hall–Kier alpha value is -2.72. The fourth-order valence-electron chi connectivity index (χ4n) is 2.80. The van der Waals surface area contributed by atoms with E-state index in [1.54, 1.807) is 11.3 Å². The van der Waals surface area contributed by atoms with Gasteiger partial charge >= 0.3 is 0 Å². The highest BCUT2D eigenvalue weighted by atomic mass is 32.1. The molecule has 4 rings (SSSR count). The van der Waals surface area contributed by atoms with E-state index in [0.29, 0.717) is 0 Å². The topological polar surface area (TPSA) is 29.7 Å². The van der Waals surface area contributed by atoms with E-state index in [0.717, 1.165) is 27.5 Å². The molecule has 0 aliphatic carbocycles. The first-order valence-electron chi connectivity index (χ1n) is 8.66. The van der Waals surface area contributed by atoms with Crippen molar-refractivity contribution in [3.63, 3.8) is 0 Å². The van der Waals surface area contributed by atoms with Gasteiger partial charge in [0, 0.05) is 29.6 Å². The van der Waals surface area contributed by atoms with Gasteiger partial charge in [0.2, 0.25) is 0 Å². The molecule has 0 radical (unpaired) electrons. The fraction of sp³-hybridized carbons (Fsp3) is 0.182. The number of fused-ring (bicyclic) bond motifs is 1. The Bertz CT molecular complexity index is 1020. The van der Waals surface area contributed by atoms with Gasteiger partial charge in [-0.2, -0.15) is 0 Å². The van der Waals surface area contributed by atoms with E-state index >= 15 is 0 Å². The van der Waals surface area contributed by atoms with Crippen molar-refractivity contribution < 1.29 is 0 Å². The first-order valence-corrected chi connectivity index (χ1v) is 9.54. The van der Waals surface area contributed by atoms with Crippen molar-refractivity contribution >= 4 is 28.2 Å². The molecule has 3 nitrogen and oxygen atoms in total. The zero-order valence-corrected chi connectivity index (χ0v) is 16.0. The number of benzene rings is 2. The maximum Gasteiger partial charge on any atom is 0.194 e. The Balaban J connectivity index is 1.50. The van der Waals surface area contributed by atoms with E-state index in [2.05, 4.69) is 73.3 Å². The Morgan fingerprint density at radius 3 is 2.38 bits per heavy atom. The minimum atomic E-state index is 0.174. The summed E-state index contributed by atoms with van der Waals surface area (Å²) < 4.78 is 2.05. The van der Waals surface area contributed by atoms with Crippen LogP contribution in [0.25, 0.3) is 16.2 Å². The molecule has 0 aliphatic rings. The quantitative estimate of drug-likeness (QED) is 0.406. The first-order chi connectivity index (χ1) is 12.5. The van der Waals surface area contributed by atoms with Crippen LogP contribution in [0.3, 0.4) is 0 Å². The highest BCUT2D eigenvalue weighted by Crippen LogP contribution is 2.24. The number of rotatable bonds is 3. The van der Waals surface area contributed by atoms with Crippen LogP contribution < -0.4 is 0 Å². The number of thiazole rings is 1. The molecule has 0 N–H and O–H groups in total. The van der Waals surface area contributed by atoms with Crippen LogP contribution in [0.2, 0.25) is 0 Å². The number of hydrogen-bond donors (Lipinski definition) is 0. The van der Waals surface area contributed by atoms with Crippen LogP contribution in [-0.4, -0.2) is 15.6 Å². The molecule has 0 amide bonds. The number of aromatic nitrogens is 2. The molecule has 0 saturated heterocycles. The summed E-state index contributed by atoms with van der Waals surface area (Å²) in [7, 11) is 0. The third-order valence-corrected chi connectivity index (χ3v) is 5.17. The molecule has 4 heteroatoms. The Morgan fingerprint density at radius 2 is 1.73 bits per heavy atom. The zero-order valence-electron chi connectivity index (χ0n) is 15.2. The first kappa shape index (κ1) is 16.7. The molecule has 0 aliphatic heterocycles.